The summed E-state index contributed by atoms with van der Waals surface area (Å²) < 4.78 is 0. The molecule has 0 radical (unpaired) electrons. The predicted octanol–water partition coefficient (Wildman–Crippen LogP) is 2.50. The van der Waals surface area contributed by atoms with E-state index < -0.39 is 0 Å². The summed E-state index contributed by atoms with van der Waals surface area (Å²) in [6.07, 6.45) is 5.41. The number of hydrogen-bond donors (Lipinski definition) is 0. The Morgan fingerprint density at radius 1 is 1.13 bits per heavy atom. The zero-order valence-electron chi connectivity index (χ0n) is 9.45. The average molecular weight is 201 g/mol. The standard InChI is InChI=1S/C14H19N/c1-15-8-4-7-13-9-11-5-2-3-6-12(11)10-14(13)15/h2-3,5-6,13-14H,4,7-10H2,1H3. The minimum atomic E-state index is 0.814. The Hall–Kier alpha value is -0.820. The van der Waals surface area contributed by atoms with E-state index >= 15 is 0 Å². The zero-order valence-corrected chi connectivity index (χ0v) is 9.45. The molecule has 1 fully saturated rings. The summed E-state index contributed by atoms with van der Waals surface area (Å²) >= 11 is 0. The second kappa shape index (κ2) is 3.64. The first-order valence-electron chi connectivity index (χ1n) is 6.11. The van der Waals surface area contributed by atoms with Gasteiger partial charge < -0.3 is 4.90 Å². The van der Waals surface area contributed by atoms with Crippen molar-refractivity contribution in [3.05, 3.63) is 35.4 Å². The number of hydrogen-bond acceptors (Lipinski definition) is 1. The van der Waals surface area contributed by atoms with Crippen molar-refractivity contribution in [2.45, 2.75) is 31.7 Å². The minimum Gasteiger partial charge on any atom is -0.303 e. The van der Waals surface area contributed by atoms with Crippen molar-refractivity contribution in [1.29, 1.82) is 0 Å². The molecule has 1 heteroatoms. The highest BCUT2D eigenvalue weighted by Crippen LogP contribution is 2.33. The van der Waals surface area contributed by atoms with Crippen LogP contribution in [0.2, 0.25) is 0 Å². The topological polar surface area (TPSA) is 3.24 Å². The maximum atomic E-state index is 2.57. The van der Waals surface area contributed by atoms with Gasteiger partial charge in [-0.25, -0.2) is 0 Å². The van der Waals surface area contributed by atoms with Crippen LogP contribution in [-0.4, -0.2) is 24.5 Å². The molecular formula is C14H19N. The Morgan fingerprint density at radius 2 is 1.87 bits per heavy atom. The second-order valence-corrected chi connectivity index (χ2v) is 5.13. The third-order valence-electron chi connectivity index (χ3n) is 4.23. The van der Waals surface area contributed by atoms with E-state index in [1.54, 1.807) is 11.1 Å². The molecule has 2 atom stereocenters. The highest BCUT2D eigenvalue weighted by Gasteiger charge is 2.33. The Bertz CT molecular complexity index is 358. The van der Waals surface area contributed by atoms with E-state index in [1.165, 1.54) is 32.2 Å². The molecule has 1 aliphatic carbocycles. The number of fused-ring (bicyclic) bond motifs is 2. The summed E-state index contributed by atoms with van der Waals surface area (Å²) in [5.41, 5.74) is 3.20. The third-order valence-corrected chi connectivity index (χ3v) is 4.23. The third kappa shape index (κ3) is 1.59. The first-order valence-corrected chi connectivity index (χ1v) is 6.11. The second-order valence-electron chi connectivity index (χ2n) is 5.13. The summed E-state index contributed by atoms with van der Waals surface area (Å²) in [4.78, 5) is 2.57. The summed E-state index contributed by atoms with van der Waals surface area (Å²) in [7, 11) is 2.30. The number of piperidine rings is 1. The molecule has 1 aromatic carbocycles. The normalized spacial score (nSPS) is 30.7. The van der Waals surface area contributed by atoms with Crippen LogP contribution in [0.4, 0.5) is 0 Å². The smallest absolute Gasteiger partial charge is 0.0164 e. The Morgan fingerprint density at radius 3 is 2.67 bits per heavy atom. The van der Waals surface area contributed by atoms with Crippen LogP contribution in [0.25, 0.3) is 0 Å². The van der Waals surface area contributed by atoms with E-state index in [0.29, 0.717) is 0 Å². The molecule has 0 aromatic heterocycles. The Balaban J connectivity index is 1.92. The van der Waals surface area contributed by atoms with Crippen LogP contribution in [0.15, 0.2) is 24.3 Å². The number of benzene rings is 1. The van der Waals surface area contributed by atoms with Crippen LogP contribution in [-0.2, 0) is 12.8 Å². The van der Waals surface area contributed by atoms with E-state index in [-0.39, 0.29) is 0 Å². The molecule has 1 aromatic rings. The molecule has 2 unspecified atom stereocenters. The summed E-state index contributed by atoms with van der Waals surface area (Å²) in [6, 6.07) is 9.82. The molecule has 1 heterocycles. The molecule has 0 saturated carbocycles. The first kappa shape index (κ1) is 9.41. The maximum Gasteiger partial charge on any atom is 0.0164 e. The van der Waals surface area contributed by atoms with Gasteiger partial charge in [0.1, 0.15) is 0 Å². The number of rotatable bonds is 0. The molecular weight excluding hydrogens is 182 g/mol. The maximum absolute atomic E-state index is 2.57. The van der Waals surface area contributed by atoms with E-state index in [0.717, 1.165) is 12.0 Å². The van der Waals surface area contributed by atoms with Gasteiger partial charge in [-0.2, -0.15) is 0 Å². The Kier molecular flexibility index (Phi) is 2.28. The van der Waals surface area contributed by atoms with Crippen molar-refractivity contribution in [2.24, 2.45) is 5.92 Å². The highest BCUT2D eigenvalue weighted by molar-refractivity contribution is 5.31. The van der Waals surface area contributed by atoms with Gasteiger partial charge in [-0.1, -0.05) is 24.3 Å². The van der Waals surface area contributed by atoms with Gasteiger partial charge in [-0.3, -0.25) is 0 Å². The van der Waals surface area contributed by atoms with Gasteiger partial charge in [0.05, 0.1) is 0 Å². The van der Waals surface area contributed by atoms with Crippen molar-refractivity contribution in [2.75, 3.05) is 13.6 Å². The van der Waals surface area contributed by atoms with Gasteiger partial charge in [0.25, 0.3) is 0 Å². The summed E-state index contributed by atoms with van der Waals surface area (Å²) in [6.45, 7) is 1.29. The lowest BCUT2D eigenvalue weighted by molar-refractivity contribution is 0.112. The van der Waals surface area contributed by atoms with Gasteiger partial charge >= 0.3 is 0 Å². The molecule has 2 aliphatic rings. The van der Waals surface area contributed by atoms with E-state index in [2.05, 4.69) is 36.2 Å². The van der Waals surface area contributed by atoms with Crippen LogP contribution < -0.4 is 0 Å². The van der Waals surface area contributed by atoms with Gasteiger partial charge in [0.15, 0.2) is 0 Å². The van der Waals surface area contributed by atoms with Gasteiger partial charge in [0, 0.05) is 6.04 Å². The number of likely N-dealkylation sites (tertiary alicyclic amines) is 1. The van der Waals surface area contributed by atoms with Crippen LogP contribution in [0.3, 0.4) is 0 Å². The lowest BCUT2D eigenvalue weighted by atomic mass is 9.75. The first-order chi connectivity index (χ1) is 7.34. The van der Waals surface area contributed by atoms with Crippen molar-refractivity contribution < 1.29 is 0 Å². The molecule has 1 aliphatic heterocycles. The van der Waals surface area contributed by atoms with E-state index in [1.807, 2.05) is 0 Å². The molecule has 1 saturated heterocycles. The van der Waals surface area contributed by atoms with Gasteiger partial charge in [0.2, 0.25) is 0 Å². The summed E-state index contributed by atoms with van der Waals surface area (Å²) in [5, 5.41) is 0. The van der Waals surface area contributed by atoms with Crippen LogP contribution in [0.1, 0.15) is 24.0 Å². The van der Waals surface area contributed by atoms with Crippen molar-refractivity contribution in [3.63, 3.8) is 0 Å². The van der Waals surface area contributed by atoms with Crippen molar-refractivity contribution in [3.8, 4) is 0 Å². The fraction of sp³-hybridized carbons (Fsp3) is 0.571. The van der Waals surface area contributed by atoms with Crippen molar-refractivity contribution >= 4 is 0 Å². The average Bonchev–Trinajstić information content (AvgIpc) is 2.27. The molecule has 15 heavy (non-hydrogen) atoms. The monoisotopic (exact) mass is 201 g/mol. The van der Waals surface area contributed by atoms with Crippen molar-refractivity contribution in [1.82, 2.24) is 4.90 Å². The SMILES string of the molecule is CN1CCCC2Cc3ccccc3CC21. The van der Waals surface area contributed by atoms with Gasteiger partial charge in [-0.05, 0) is 56.3 Å². The number of likely N-dealkylation sites (N-methyl/N-ethyl adjacent to an activating group) is 1. The van der Waals surface area contributed by atoms with E-state index in [9.17, 15) is 0 Å². The largest absolute Gasteiger partial charge is 0.303 e. The zero-order chi connectivity index (χ0) is 10.3. The molecule has 0 amide bonds. The minimum absolute atomic E-state index is 0.814. The Labute approximate surface area is 92.1 Å². The predicted molar refractivity (Wildman–Crippen MR) is 63.0 cm³/mol. The lowest BCUT2D eigenvalue weighted by Crippen LogP contribution is -2.47. The molecule has 3 rings (SSSR count). The highest BCUT2D eigenvalue weighted by atomic mass is 15.1. The quantitative estimate of drug-likeness (QED) is 0.623. The summed E-state index contributed by atoms with van der Waals surface area (Å²) in [5.74, 6) is 0.915. The molecule has 0 spiro atoms. The molecule has 80 valence electrons. The fourth-order valence-corrected chi connectivity index (χ4v) is 3.35. The van der Waals surface area contributed by atoms with Gasteiger partial charge in [-0.15, -0.1) is 0 Å². The molecule has 1 nitrogen and oxygen atoms in total. The van der Waals surface area contributed by atoms with Crippen LogP contribution in [0, 0.1) is 5.92 Å². The molecule has 0 N–H and O–H groups in total. The van der Waals surface area contributed by atoms with Crippen LogP contribution >= 0.6 is 0 Å². The number of nitrogens with zero attached hydrogens (tertiary/aromatic N) is 1. The fourth-order valence-electron chi connectivity index (χ4n) is 3.35. The lowest BCUT2D eigenvalue weighted by Gasteiger charge is -2.42. The van der Waals surface area contributed by atoms with Crippen LogP contribution in [0.5, 0.6) is 0 Å². The van der Waals surface area contributed by atoms with E-state index in [4.69, 9.17) is 0 Å². The molecule has 0 bridgehead atoms.